The van der Waals surface area contributed by atoms with Gasteiger partial charge in [0.2, 0.25) is 0 Å². The molecule has 7 heteroatoms. The molecule has 90 valence electrons. The number of aromatic nitrogens is 2. The predicted octanol–water partition coefficient (Wildman–Crippen LogP) is 2.79. The normalized spacial score (nSPS) is 10.7. The number of hydrogen-bond acceptors (Lipinski definition) is 2. The van der Waals surface area contributed by atoms with Gasteiger partial charge in [-0.05, 0) is 22.0 Å². The van der Waals surface area contributed by atoms with Gasteiger partial charge in [0, 0.05) is 34.7 Å². The number of hydrogen-bond donors (Lipinski definition) is 3. The first-order valence-corrected chi connectivity index (χ1v) is 6.03. The number of rotatable bonds is 3. The fourth-order valence-electron chi connectivity index (χ4n) is 1.51. The summed E-state index contributed by atoms with van der Waals surface area (Å²) in [6, 6.07) is 1.90. The molecule has 1 amide bonds. The van der Waals surface area contributed by atoms with Crippen LogP contribution in [0, 0.1) is 0 Å². The molecule has 0 unspecified atom stereocenters. The number of aromatic amines is 1. The van der Waals surface area contributed by atoms with Gasteiger partial charge in [0.15, 0.2) is 0 Å². The summed E-state index contributed by atoms with van der Waals surface area (Å²) in [4.78, 5) is 17.6. The van der Waals surface area contributed by atoms with Crippen LogP contribution in [0.25, 0.3) is 11.0 Å². The van der Waals surface area contributed by atoms with Gasteiger partial charge >= 0.3 is 6.09 Å². The highest BCUT2D eigenvalue weighted by Crippen LogP contribution is 2.29. The zero-order valence-corrected chi connectivity index (χ0v) is 11.0. The second kappa shape index (κ2) is 4.93. The van der Waals surface area contributed by atoms with E-state index in [1.54, 1.807) is 6.20 Å². The first-order valence-electron chi connectivity index (χ1n) is 4.86. The van der Waals surface area contributed by atoms with Gasteiger partial charge in [0.1, 0.15) is 5.65 Å². The molecule has 0 bridgehead atoms. The second-order valence-electron chi connectivity index (χ2n) is 3.46. The molecule has 2 aromatic heterocycles. The van der Waals surface area contributed by atoms with Gasteiger partial charge in [-0.1, -0.05) is 11.6 Å². The van der Waals surface area contributed by atoms with Gasteiger partial charge in [-0.3, -0.25) is 0 Å². The lowest BCUT2D eigenvalue weighted by Crippen LogP contribution is -2.23. The molecule has 2 aromatic rings. The molecule has 17 heavy (non-hydrogen) atoms. The number of halogens is 2. The van der Waals surface area contributed by atoms with E-state index < -0.39 is 6.09 Å². The van der Waals surface area contributed by atoms with E-state index >= 15 is 0 Å². The molecule has 0 aliphatic heterocycles. The topological polar surface area (TPSA) is 78.0 Å². The third-order valence-corrected chi connectivity index (χ3v) is 3.65. The zero-order valence-electron chi connectivity index (χ0n) is 8.63. The summed E-state index contributed by atoms with van der Waals surface area (Å²) in [7, 11) is 0. The largest absolute Gasteiger partial charge is 0.465 e. The smallest absolute Gasteiger partial charge is 0.404 e. The molecular weight excluding hydrogens is 309 g/mol. The number of fused-ring (bicyclic) bond motifs is 1. The third-order valence-electron chi connectivity index (χ3n) is 2.28. The minimum absolute atomic E-state index is 0.355. The van der Waals surface area contributed by atoms with Crippen molar-refractivity contribution in [3.8, 4) is 0 Å². The average molecular weight is 319 g/mol. The standard InChI is InChI=1S/C10H9BrClN3O2/c11-8-6-3-5(1-2-13-10(16)17)15-9(6)14-4-7(8)12/h3-4,13H,1-2H2,(H,14,15)(H,16,17). The summed E-state index contributed by atoms with van der Waals surface area (Å²) in [5.74, 6) is 0. The van der Waals surface area contributed by atoms with Crippen LogP contribution >= 0.6 is 27.5 Å². The molecule has 0 radical (unpaired) electrons. The van der Waals surface area contributed by atoms with Crippen molar-refractivity contribution in [1.82, 2.24) is 15.3 Å². The molecule has 0 spiro atoms. The van der Waals surface area contributed by atoms with Crippen molar-refractivity contribution in [2.75, 3.05) is 6.54 Å². The van der Waals surface area contributed by atoms with E-state index in [1.807, 2.05) is 6.07 Å². The fourth-order valence-corrected chi connectivity index (χ4v) is 2.07. The van der Waals surface area contributed by atoms with Gasteiger partial charge in [0.05, 0.1) is 5.02 Å². The van der Waals surface area contributed by atoms with E-state index in [0.717, 1.165) is 21.2 Å². The van der Waals surface area contributed by atoms with Gasteiger partial charge < -0.3 is 15.4 Å². The second-order valence-corrected chi connectivity index (χ2v) is 4.66. The van der Waals surface area contributed by atoms with Crippen molar-refractivity contribution in [2.45, 2.75) is 6.42 Å². The Morgan fingerprint density at radius 3 is 3.12 bits per heavy atom. The summed E-state index contributed by atoms with van der Waals surface area (Å²) in [6.07, 6.45) is 1.11. The third kappa shape index (κ3) is 2.70. The number of carboxylic acid groups (broad SMARTS) is 1. The van der Waals surface area contributed by atoms with Crippen LogP contribution in [0.15, 0.2) is 16.7 Å². The van der Waals surface area contributed by atoms with Crippen LogP contribution < -0.4 is 5.32 Å². The molecule has 5 nitrogen and oxygen atoms in total. The Hall–Kier alpha value is -1.27. The Kier molecular flexibility index (Phi) is 3.54. The van der Waals surface area contributed by atoms with Crippen LogP contribution in [0.2, 0.25) is 5.02 Å². The summed E-state index contributed by atoms with van der Waals surface area (Å²) in [5.41, 5.74) is 1.64. The van der Waals surface area contributed by atoms with Crippen LogP contribution in [0.3, 0.4) is 0 Å². The first-order chi connectivity index (χ1) is 8.08. The Morgan fingerprint density at radius 2 is 2.41 bits per heavy atom. The number of H-pyrrole nitrogens is 1. The maximum Gasteiger partial charge on any atom is 0.404 e. The number of amides is 1. The van der Waals surface area contributed by atoms with Crippen molar-refractivity contribution < 1.29 is 9.90 Å². The molecule has 0 aliphatic carbocycles. The number of carbonyl (C=O) groups is 1. The van der Waals surface area contributed by atoms with Crippen molar-refractivity contribution >= 4 is 44.7 Å². The highest BCUT2D eigenvalue weighted by Gasteiger charge is 2.08. The molecule has 0 saturated carbocycles. The number of nitrogens with zero attached hydrogens (tertiary/aromatic N) is 1. The fraction of sp³-hybridized carbons (Fsp3) is 0.200. The Labute approximate surface area is 110 Å². The summed E-state index contributed by atoms with van der Waals surface area (Å²) < 4.78 is 0.790. The molecule has 0 atom stereocenters. The van der Waals surface area contributed by atoms with Crippen molar-refractivity contribution in [1.29, 1.82) is 0 Å². The van der Waals surface area contributed by atoms with Crippen molar-refractivity contribution in [3.05, 3.63) is 27.5 Å². The van der Waals surface area contributed by atoms with Gasteiger partial charge in [-0.15, -0.1) is 0 Å². The van der Waals surface area contributed by atoms with E-state index in [9.17, 15) is 4.79 Å². The molecule has 0 aromatic carbocycles. The van der Waals surface area contributed by atoms with Gasteiger partial charge in [-0.25, -0.2) is 9.78 Å². The van der Waals surface area contributed by atoms with Crippen molar-refractivity contribution in [3.63, 3.8) is 0 Å². The van der Waals surface area contributed by atoms with E-state index in [2.05, 4.69) is 31.2 Å². The summed E-state index contributed by atoms with van der Waals surface area (Å²) >= 11 is 9.31. The maximum atomic E-state index is 10.3. The van der Waals surface area contributed by atoms with E-state index in [0.29, 0.717) is 18.0 Å². The lowest BCUT2D eigenvalue weighted by Gasteiger charge is -1.97. The molecule has 3 N–H and O–H groups in total. The van der Waals surface area contributed by atoms with E-state index in [-0.39, 0.29) is 0 Å². The van der Waals surface area contributed by atoms with Gasteiger partial charge in [0.25, 0.3) is 0 Å². The van der Waals surface area contributed by atoms with Crippen LogP contribution in [-0.4, -0.2) is 27.7 Å². The maximum absolute atomic E-state index is 10.3. The Bertz CT molecular complexity index is 570. The molecule has 2 rings (SSSR count). The number of pyridine rings is 1. The van der Waals surface area contributed by atoms with Crippen LogP contribution in [0.5, 0.6) is 0 Å². The first kappa shape index (κ1) is 12.2. The average Bonchev–Trinajstić information content (AvgIpc) is 2.67. The lowest BCUT2D eigenvalue weighted by molar-refractivity contribution is 0.194. The monoisotopic (exact) mass is 317 g/mol. The van der Waals surface area contributed by atoms with E-state index in [1.165, 1.54) is 0 Å². The van der Waals surface area contributed by atoms with E-state index in [4.69, 9.17) is 16.7 Å². The highest BCUT2D eigenvalue weighted by atomic mass is 79.9. The zero-order chi connectivity index (χ0) is 12.4. The molecule has 0 aliphatic rings. The summed E-state index contributed by atoms with van der Waals surface area (Å²) in [6.45, 7) is 0.355. The Balaban J connectivity index is 2.20. The minimum atomic E-state index is -1.02. The van der Waals surface area contributed by atoms with Crippen molar-refractivity contribution in [2.24, 2.45) is 0 Å². The lowest BCUT2D eigenvalue weighted by atomic mass is 10.3. The predicted molar refractivity (Wildman–Crippen MR) is 68.5 cm³/mol. The summed E-state index contributed by atoms with van der Waals surface area (Å²) in [5, 5.41) is 12.2. The number of nitrogens with one attached hydrogen (secondary N) is 2. The molecular formula is C10H9BrClN3O2. The minimum Gasteiger partial charge on any atom is -0.465 e. The quantitative estimate of drug-likeness (QED) is 0.814. The molecule has 0 saturated heterocycles. The van der Waals surface area contributed by atoms with Gasteiger partial charge in [-0.2, -0.15) is 0 Å². The highest BCUT2D eigenvalue weighted by molar-refractivity contribution is 9.10. The van der Waals surface area contributed by atoms with Crippen LogP contribution in [0.4, 0.5) is 4.79 Å². The Morgan fingerprint density at radius 1 is 1.65 bits per heavy atom. The SMILES string of the molecule is O=C(O)NCCc1cc2c(Br)c(Cl)cnc2[nH]1. The van der Waals surface area contributed by atoms with Crippen LogP contribution in [0.1, 0.15) is 5.69 Å². The molecule has 2 heterocycles. The molecule has 0 fully saturated rings. The van der Waals surface area contributed by atoms with Crippen LogP contribution in [-0.2, 0) is 6.42 Å².